The number of anilines is 1. The van der Waals surface area contributed by atoms with Gasteiger partial charge in [-0.15, -0.1) is 0 Å². The highest BCUT2D eigenvalue weighted by molar-refractivity contribution is 5.78. The van der Waals surface area contributed by atoms with E-state index >= 15 is 0 Å². The second-order valence-electron chi connectivity index (χ2n) is 6.98. The summed E-state index contributed by atoms with van der Waals surface area (Å²) in [6.45, 7) is 9.06. The van der Waals surface area contributed by atoms with Crippen LogP contribution >= 0.6 is 0 Å². The molecule has 0 saturated carbocycles. The molecule has 0 spiro atoms. The summed E-state index contributed by atoms with van der Waals surface area (Å²) in [4.78, 5) is 21.2. The van der Waals surface area contributed by atoms with Gasteiger partial charge in [0, 0.05) is 50.8 Å². The van der Waals surface area contributed by atoms with Gasteiger partial charge in [-0.25, -0.2) is 0 Å². The van der Waals surface area contributed by atoms with Gasteiger partial charge in [0.2, 0.25) is 5.91 Å². The summed E-state index contributed by atoms with van der Waals surface area (Å²) >= 11 is 0. The van der Waals surface area contributed by atoms with Crippen LogP contribution in [0.2, 0.25) is 0 Å². The van der Waals surface area contributed by atoms with Crippen molar-refractivity contribution in [3.8, 4) is 0 Å². The minimum atomic E-state index is 0.0989. The Morgan fingerprint density at radius 3 is 2.73 bits per heavy atom. The largest absolute Gasteiger partial charge is 0.370 e. The predicted molar refractivity (Wildman–Crippen MR) is 105 cm³/mol. The van der Waals surface area contributed by atoms with Gasteiger partial charge < -0.3 is 10.2 Å². The fourth-order valence-electron chi connectivity index (χ4n) is 3.45. The molecule has 0 aliphatic carbocycles. The van der Waals surface area contributed by atoms with Crippen molar-refractivity contribution in [3.63, 3.8) is 0 Å². The van der Waals surface area contributed by atoms with Crippen LogP contribution in [0.3, 0.4) is 0 Å². The highest BCUT2D eigenvalue weighted by Crippen LogP contribution is 2.19. The SMILES string of the molecule is Cc1ccccc1CNC(=O)CN1CCCN(c2ccncc2C)CC1. The van der Waals surface area contributed by atoms with Gasteiger partial charge in [0.25, 0.3) is 0 Å². The van der Waals surface area contributed by atoms with Crippen molar-refractivity contribution in [1.29, 1.82) is 0 Å². The molecule has 5 heteroatoms. The highest BCUT2D eigenvalue weighted by atomic mass is 16.2. The molecule has 1 saturated heterocycles. The average molecular weight is 352 g/mol. The van der Waals surface area contributed by atoms with Crippen LogP contribution in [0.25, 0.3) is 0 Å². The van der Waals surface area contributed by atoms with Gasteiger partial charge in [-0.3, -0.25) is 14.7 Å². The monoisotopic (exact) mass is 352 g/mol. The number of amides is 1. The molecule has 1 fully saturated rings. The van der Waals surface area contributed by atoms with Gasteiger partial charge in [0.05, 0.1) is 6.54 Å². The molecule has 1 aliphatic heterocycles. The normalized spacial score (nSPS) is 15.5. The maximum Gasteiger partial charge on any atom is 0.234 e. The van der Waals surface area contributed by atoms with Gasteiger partial charge in [0.15, 0.2) is 0 Å². The van der Waals surface area contributed by atoms with E-state index < -0.39 is 0 Å². The van der Waals surface area contributed by atoms with E-state index in [2.05, 4.69) is 52.1 Å². The van der Waals surface area contributed by atoms with E-state index in [0.717, 1.165) is 32.6 Å². The zero-order chi connectivity index (χ0) is 18.4. The molecular formula is C21H28N4O. The Kier molecular flexibility index (Phi) is 6.23. The number of nitrogens with zero attached hydrogens (tertiary/aromatic N) is 3. The number of aryl methyl sites for hydroxylation is 2. The lowest BCUT2D eigenvalue weighted by atomic mass is 10.1. The molecule has 5 nitrogen and oxygen atoms in total. The molecule has 138 valence electrons. The molecule has 2 aromatic rings. The molecule has 0 unspecified atom stereocenters. The molecule has 0 radical (unpaired) electrons. The second kappa shape index (κ2) is 8.81. The van der Waals surface area contributed by atoms with Crippen LogP contribution < -0.4 is 10.2 Å². The first-order chi connectivity index (χ1) is 12.6. The summed E-state index contributed by atoms with van der Waals surface area (Å²) in [5.74, 6) is 0.0989. The fraction of sp³-hybridized carbons (Fsp3) is 0.429. The third-order valence-corrected chi connectivity index (χ3v) is 5.02. The Morgan fingerprint density at radius 1 is 1.08 bits per heavy atom. The van der Waals surface area contributed by atoms with Crippen molar-refractivity contribution in [2.45, 2.75) is 26.8 Å². The van der Waals surface area contributed by atoms with Crippen LogP contribution in [-0.4, -0.2) is 48.5 Å². The molecule has 0 atom stereocenters. The molecule has 1 N–H and O–H groups in total. The molecule has 26 heavy (non-hydrogen) atoms. The molecule has 1 aliphatic rings. The second-order valence-corrected chi connectivity index (χ2v) is 6.98. The van der Waals surface area contributed by atoms with Gasteiger partial charge in [-0.1, -0.05) is 24.3 Å². The van der Waals surface area contributed by atoms with Crippen LogP contribution in [-0.2, 0) is 11.3 Å². The topological polar surface area (TPSA) is 48.5 Å². The Labute approximate surface area is 156 Å². The number of rotatable bonds is 5. The van der Waals surface area contributed by atoms with Crippen molar-refractivity contribution in [2.24, 2.45) is 0 Å². The summed E-state index contributed by atoms with van der Waals surface area (Å²) in [5, 5.41) is 3.06. The number of carbonyl (C=O) groups excluding carboxylic acids is 1. The van der Waals surface area contributed by atoms with Crippen LogP contribution in [0.4, 0.5) is 5.69 Å². The summed E-state index contributed by atoms with van der Waals surface area (Å²) in [6.07, 6.45) is 4.83. The number of carbonyl (C=O) groups is 1. The first-order valence-corrected chi connectivity index (χ1v) is 9.32. The molecule has 1 amide bonds. The number of aromatic nitrogens is 1. The summed E-state index contributed by atoms with van der Waals surface area (Å²) in [6, 6.07) is 10.3. The lowest BCUT2D eigenvalue weighted by Crippen LogP contribution is -2.39. The zero-order valence-corrected chi connectivity index (χ0v) is 15.7. The average Bonchev–Trinajstić information content (AvgIpc) is 2.87. The van der Waals surface area contributed by atoms with Crippen molar-refractivity contribution in [2.75, 3.05) is 37.6 Å². The summed E-state index contributed by atoms with van der Waals surface area (Å²) < 4.78 is 0. The number of pyridine rings is 1. The Morgan fingerprint density at radius 2 is 1.92 bits per heavy atom. The van der Waals surface area contributed by atoms with Crippen molar-refractivity contribution in [3.05, 3.63) is 59.4 Å². The van der Waals surface area contributed by atoms with Gasteiger partial charge >= 0.3 is 0 Å². The zero-order valence-electron chi connectivity index (χ0n) is 15.7. The number of hydrogen-bond donors (Lipinski definition) is 1. The van der Waals surface area contributed by atoms with Crippen LogP contribution in [0.1, 0.15) is 23.1 Å². The van der Waals surface area contributed by atoms with Crippen LogP contribution in [0, 0.1) is 13.8 Å². The number of nitrogens with one attached hydrogen (secondary N) is 1. The first-order valence-electron chi connectivity index (χ1n) is 9.32. The van der Waals surface area contributed by atoms with Crippen LogP contribution in [0.5, 0.6) is 0 Å². The minimum absolute atomic E-state index is 0.0989. The standard InChI is InChI=1S/C21H28N4O/c1-17-6-3-4-7-19(17)15-23-21(26)16-24-10-5-11-25(13-12-24)20-8-9-22-14-18(20)2/h3-4,6-9,14H,5,10-13,15-16H2,1-2H3,(H,23,26). The van der Waals surface area contributed by atoms with Gasteiger partial charge in [-0.05, 0) is 43.0 Å². The molecular weight excluding hydrogens is 324 g/mol. The van der Waals surface area contributed by atoms with E-state index in [4.69, 9.17) is 0 Å². The molecule has 0 bridgehead atoms. The number of hydrogen-bond acceptors (Lipinski definition) is 4. The van der Waals surface area contributed by atoms with Gasteiger partial charge in [-0.2, -0.15) is 0 Å². The Balaban J connectivity index is 1.49. The quantitative estimate of drug-likeness (QED) is 0.898. The lowest BCUT2D eigenvalue weighted by molar-refractivity contribution is -0.122. The third kappa shape index (κ3) is 4.82. The molecule has 1 aromatic heterocycles. The summed E-state index contributed by atoms with van der Waals surface area (Å²) in [5.41, 5.74) is 4.85. The maximum absolute atomic E-state index is 12.3. The van der Waals surface area contributed by atoms with Gasteiger partial charge in [0.1, 0.15) is 0 Å². The maximum atomic E-state index is 12.3. The van der Waals surface area contributed by atoms with Crippen molar-refractivity contribution >= 4 is 11.6 Å². The van der Waals surface area contributed by atoms with Crippen molar-refractivity contribution in [1.82, 2.24) is 15.2 Å². The third-order valence-electron chi connectivity index (χ3n) is 5.02. The smallest absolute Gasteiger partial charge is 0.234 e. The van der Waals surface area contributed by atoms with E-state index in [9.17, 15) is 4.79 Å². The van der Waals surface area contributed by atoms with Crippen molar-refractivity contribution < 1.29 is 4.79 Å². The first kappa shape index (κ1) is 18.4. The predicted octanol–water partition coefficient (Wildman–Crippen LogP) is 2.53. The highest BCUT2D eigenvalue weighted by Gasteiger charge is 2.18. The molecule has 2 heterocycles. The molecule has 3 rings (SSSR count). The lowest BCUT2D eigenvalue weighted by Gasteiger charge is -2.24. The Hall–Kier alpha value is -2.40. The summed E-state index contributed by atoms with van der Waals surface area (Å²) in [7, 11) is 0. The minimum Gasteiger partial charge on any atom is -0.370 e. The van der Waals surface area contributed by atoms with E-state index in [1.54, 1.807) is 0 Å². The number of benzene rings is 1. The van der Waals surface area contributed by atoms with E-state index in [-0.39, 0.29) is 5.91 Å². The van der Waals surface area contributed by atoms with E-state index in [1.165, 1.54) is 22.4 Å². The Bertz CT molecular complexity index is 746. The van der Waals surface area contributed by atoms with E-state index in [0.29, 0.717) is 13.1 Å². The van der Waals surface area contributed by atoms with Crippen LogP contribution in [0.15, 0.2) is 42.7 Å². The van der Waals surface area contributed by atoms with E-state index in [1.807, 2.05) is 24.5 Å². The molecule has 1 aromatic carbocycles. The fourth-order valence-corrected chi connectivity index (χ4v) is 3.45.